The average Bonchev–Trinajstić information content (AvgIpc) is 2.95. The summed E-state index contributed by atoms with van der Waals surface area (Å²) in [5.74, 6) is -0.367. The van der Waals surface area contributed by atoms with Crippen LogP contribution in [0.2, 0.25) is 0 Å². The minimum Gasteiger partial charge on any atom is -0.390 e. The zero-order chi connectivity index (χ0) is 27.2. The molecule has 0 heterocycles. The van der Waals surface area contributed by atoms with Crippen LogP contribution < -0.4 is 10.6 Å². The lowest BCUT2D eigenvalue weighted by molar-refractivity contribution is 0.0755. The first-order valence-corrected chi connectivity index (χ1v) is 13.7. The van der Waals surface area contributed by atoms with Crippen molar-refractivity contribution >= 4 is 11.8 Å². The summed E-state index contributed by atoms with van der Waals surface area (Å²) in [6, 6.07) is 26.4. The lowest BCUT2D eigenvalue weighted by Crippen LogP contribution is -2.49. The van der Waals surface area contributed by atoms with Crippen LogP contribution in [0.5, 0.6) is 0 Å². The molecule has 3 aromatic rings. The standard InChI is InChI=1S/C32H41N3O3/c1-3-20-35(21-4-2)32(38)28-17-11-16-27(23-28)31(37)34-29(22-26-14-9-6-10-15-26)30(36)24-33-19-18-25-12-7-5-8-13-25/h5-17,23,29-30,33,36H,3-4,18-22,24H2,1-2H3,(H,34,37)/t29-,30+/m0/s1. The molecule has 0 unspecified atom stereocenters. The minimum atomic E-state index is -0.788. The Bertz CT molecular complexity index is 1120. The molecule has 38 heavy (non-hydrogen) atoms. The lowest BCUT2D eigenvalue weighted by atomic mass is 10.00. The molecule has 0 saturated heterocycles. The van der Waals surface area contributed by atoms with Gasteiger partial charge in [0.25, 0.3) is 11.8 Å². The fourth-order valence-corrected chi connectivity index (χ4v) is 4.50. The normalized spacial score (nSPS) is 12.5. The van der Waals surface area contributed by atoms with E-state index in [0.717, 1.165) is 31.4 Å². The van der Waals surface area contributed by atoms with Gasteiger partial charge in [-0.3, -0.25) is 9.59 Å². The van der Waals surface area contributed by atoms with Crippen LogP contribution in [0.25, 0.3) is 0 Å². The number of hydrogen-bond acceptors (Lipinski definition) is 4. The fourth-order valence-electron chi connectivity index (χ4n) is 4.50. The number of hydrogen-bond donors (Lipinski definition) is 3. The van der Waals surface area contributed by atoms with E-state index < -0.39 is 12.1 Å². The van der Waals surface area contributed by atoms with Gasteiger partial charge in [-0.05, 0) is 61.6 Å². The number of rotatable bonds is 15. The zero-order valence-corrected chi connectivity index (χ0v) is 22.6. The first-order chi connectivity index (χ1) is 18.5. The molecule has 0 aliphatic heterocycles. The van der Waals surface area contributed by atoms with Gasteiger partial charge in [0.2, 0.25) is 0 Å². The number of nitrogens with one attached hydrogen (secondary N) is 2. The highest BCUT2D eigenvalue weighted by molar-refractivity contribution is 5.99. The molecule has 202 valence electrons. The summed E-state index contributed by atoms with van der Waals surface area (Å²) in [6.45, 7) is 6.55. The molecule has 3 N–H and O–H groups in total. The lowest BCUT2D eigenvalue weighted by Gasteiger charge is -2.25. The maximum atomic E-state index is 13.3. The summed E-state index contributed by atoms with van der Waals surface area (Å²) in [5.41, 5.74) is 3.17. The zero-order valence-electron chi connectivity index (χ0n) is 22.6. The topological polar surface area (TPSA) is 81.7 Å². The van der Waals surface area contributed by atoms with Crippen molar-refractivity contribution in [3.63, 3.8) is 0 Å². The van der Waals surface area contributed by atoms with E-state index in [-0.39, 0.29) is 11.8 Å². The Hall–Kier alpha value is -3.48. The molecule has 0 fully saturated rings. The third-order valence-electron chi connectivity index (χ3n) is 6.51. The Morgan fingerprint density at radius 1 is 0.816 bits per heavy atom. The van der Waals surface area contributed by atoms with Gasteiger partial charge in [-0.2, -0.15) is 0 Å². The van der Waals surface area contributed by atoms with E-state index >= 15 is 0 Å². The van der Waals surface area contributed by atoms with Gasteiger partial charge in [-0.1, -0.05) is 80.6 Å². The second-order valence-corrected chi connectivity index (χ2v) is 9.65. The molecule has 3 aromatic carbocycles. The number of nitrogens with zero attached hydrogens (tertiary/aromatic N) is 1. The molecule has 3 rings (SSSR count). The predicted octanol–water partition coefficient (Wildman–Crippen LogP) is 4.48. The van der Waals surface area contributed by atoms with E-state index in [9.17, 15) is 14.7 Å². The summed E-state index contributed by atoms with van der Waals surface area (Å²) >= 11 is 0. The first kappa shape index (κ1) is 29.1. The molecule has 2 atom stereocenters. The summed E-state index contributed by atoms with van der Waals surface area (Å²) in [7, 11) is 0. The summed E-state index contributed by atoms with van der Waals surface area (Å²) in [5, 5.41) is 17.4. The molecule has 0 bridgehead atoms. The van der Waals surface area contributed by atoms with Crippen LogP contribution in [-0.4, -0.2) is 60.1 Å². The molecule has 0 aliphatic carbocycles. The predicted molar refractivity (Wildman–Crippen MR) is 153 cm³/mol. The minimum absolute atomic E-state index is 0.0631. The van der Waals surface area contributed by atoms with Gasteiger partial charge in [-0.15, -0.1) is 0 Å². The van der Waals surface area contributed by atoms with Crippen molar-refractivity contribution in [2.75, 3.05) is 26.2 Å². The van der Waals surface area contributed by atoms with Crippen molar-refractivity contribution in [1.82, 2.24) is 15.5 Å². The molecule has 0 radical (unpaired) electrons. The van der Waals surface area contributed by atoms with Gasteiger partial charge >= 0.3 is 0 Å². The monoisotopic (exact) mass is 515 g/mol. The Kier molecular flexibility index (Phi) is 12.0. The number of benzene rings is 3. The summed E-state index contributed by atoms with van der Waals surface area (Å²) in [6.07, 6.45) is 2.32. The molecule has 0 spiro atoms. The van der Waals surface area contributed by atoms with Gasteiger partial charge < -0.3 is 20.6 Å². The van der Waals surface area contributed by atoms with Crippen LogP contribution >= 0.6 is 0 Å². The van der Waals surface area contributed by atoms with Crippen LogP contribution in [-0.2, 0) is 12.8 Å². The SMILES string of the molecule is CCCN(CCC)C(=O)c1cccc(C(=O)N[C@@H](Cc2ccccc2)[C@H](O)CNCCc2ccccc2)c1. The number of carbonyl (C=O) groups excluding carboxylic acids is 2. The summed E-state index contributed by atoms with van der Waals surface area (Å²) < 4.78 is 0. The summed E-state index contributed by atoms with van der Waals surface area (Å²) in [4.78, 5) is 28.2. The van der Waals surface area contributed by atoms with Crippen molar-refractivity contribution in [3.8, 4) is 0 Å². The van der Waals surface area contributed by atoms with Crippen molar-refractivity contribution in [2.24, 2.45) is 0 Å². The van der Waals surface area contributed by atoms with E-state index in [1.54, 1.807) is 24.3 Å². The maximum absolute atomic E-state index is 13.3. The average molecular weight is 516 g/mol. The number of aliphatic hydroxyl groups excluding tert-OH is 1. The Morgan fingerprint density at radius 3 is 2.05 bits per heavy atom. The Morgan fingerprint density at radius 2 is 1.42 bits per heavy atom. The first-order valence-electron chi connectivity index (χ1n) is 13.7. The van der Waals surface area contributed by atoms with Crippen LogP contribution in [0.3, 0.4) is 0 Å². The van der Waals surface area contributed by atoms with E-state index in [0.29, 0.717) is 37.2 Å². The van der Waals surface area contributed by atoms with E-state index in [1.807, 2.05) is 53.4 Å². The smallest absolute Gasteiger partial charge is 0.253 e. The maximum Gasteiger partial charge on any atom is 0.253 e. The molecule has 6 nitrogen and oxygen atoms in total. The van der Waals surface area contributed by atoms with Crippen LogP contribution in [0.4, 0.5) is 0 Å². The van der Waals surface area contributed by atoms with Crippen molar-refractivity contribution in [2.45, 2.75) is 51.7 Å². The number of amides is 2. The quantitative estimate of drug-likeness (QED) is 0.261. The molecule has 6 heteroatoms. The third kappa shape index (κ3) is 9.12. The third-order valence-corrected chi connectivity index (χ3v) is 6.51. The molecule has 0 aromatic heterocycles. The fraction of sp³-hybridized carbons (Fsp3) is 0.375. The number of aliphatic hydroxyl groups is 1. The second kappa shape index (κ2) is 15.7. The van der Waals surface area contributed by atoms with Gasteiger partial charge in [-0.25, -0.2) is 0 Å². The second-order valence-electron chi connectivity index (χ2n) is 9.65. The number of carbonyl (C=O) groups is 2. The van der Waals surface area contributed by atoms with Crippen LogP contribution in [0.1, 0.15) is 58.5 Å². The van der Waals surface area contributed by atoms with Gasteiger partial charge in [0, 0.05) is 30.8 Å². The Balaban J connectivity index is 1.67. The van der Waals surface area contributed by atoms with Crippen LogP contribution in [0, 0.1) is 0 Å². The van der Waals surface area contributed by atoms with E-state index in [4.69, 9.17) is 0 Å². The van der Waals surface area contributed by atoms with Gasteiger partial charge in [0.15, 0.2) is 0 Å². The molecular weight excluding hydrogens is 474 g/mol. The highest BCUT2D eigenvalue weighted by Gasteiger charge is 2.23. The molecular formula is C32H41N3O3. The van der Waals surface area contributed by atoms with Gasteiger partial charge in [0.1, 0.15) is 0 Å². The van der Waals surface area contributed by atoms with E-state index in [2.05, 4.69) is 36.6 Å². The highest BCUT2D eigenvalue weighted by Crippen LogP contribution is 2.12. The van der Waals surface area contributed by atoms with Crippen LogP contribution in [0.15, 0.2) is 84.9 Å². The molecule has 0 saturated carbocycles. The van der Waals surface area contributed by atoms with Gasteiger partial charge in [0.05, 0.1) is 12.1 Å². The van der Waals surface area contributed by atoms with Crippen molar-refractivity contribution < 1.29 is 14.7 Å². The highest BCUT2D eigenvalue weighted by atomic mass is 16.3. The Labute approximate surface area is 227 Å². The molecule has 2 amide bonds. The molecule has 0 aliphatic rings. The van der Waals surface area contributed by atoms with E-state index in [1.165, 1.54) is 5.56 Å². The van der Waals surface area contributed by atoms with Crippen molar-refractivity contribution in [1.29, 1.82) is 0 Å². The van der Waals surface area contributed by atoms with Crippen molar-refractivity contribution in [3.05, 3.63) is 107 Å². The largest absolute Gasteiger partial charge is 0.390 e.